The first-order valence-electron chi connectivity index (χ1n) is 6.23. The van der Waals surface area contributed by atoms with Crippen LogP contribution >= 0.6 is 11.3 Å². The van der Waals surface area contributed by atoms with Crippen LogP contribution in [0.5, 0.6) is 0 Å². The zero-order valence-corrected chi connectivity index (χ0v) is 11.7. The summed E-state index contributed by atoms with van der Waals surface area (Å²) < 4.78 is 0. The lowest BCUT2D eigenvalue weighted by Gasteiger charge is -2.12. The molecule has 3 aromatic rings. The van der Waals surface area contributed by atoms with Gasteiger partial charge in [0.2, 0.25) is 0 Å². The molecule has 96 valence electrons. The maximum atomic E-state index is 10.5. The number of hydrogen-bond acceptors (Lipinski definition) is 3. The number of rotatable bonds is 2. The van der Waals surface area contributed by atoms with E-state index in [9.17, 15) is 5.11 Å². The van der Waals surface area contributed by atoms with E-state index < -0.39 is 6.10 Å². The second kappa shape index (κ2) is 4.76. The Kier molecular flexibility index (Phi) is 3.09. The van der Waals surface area contributed by atoms with Crippen molar-refractivity contribution in [1.82, 2.24) is 4.98 Å². The molecule has 1 unspecified atom stereocenters. The number of nitrogens with zero attached hydrogens (tertiary/aromatic N) is 1. The molecule has 0 spiro atoms. The summed E-state index contributed by atoms with van der Waals surface area (Å²) in [6, 6.07) is 9.99. The quantitative estimate of drug-likeness (QED) is 0.763. The first kappa shape index (κ1) is 12.3. The Morgan fingerprint density at radius 1 is 1.11 bits per heavy atom. The van der Waals surface area contributed by atoms with E-state index in [0.29, 0.717) is 0 Å². The van der Waals surface area contributed by atoms with Crippen LogP contribution in [0, 0.1) is 13.8 Å². The summed E-state index contributed by atoms with van der Waals surface area (Å²) in [7, 11) is 0. The first-order chi connectivity index (χ1) is 9.15. The van der Waals surface area contributed by atoms with Crippen LogP contribution < -0.4 is 0 Å². The van der Waals surface area contributed by atoms with Crippen LogP contribution in [-0.2, 0) is 0 Å². The number of thiophene rings is 1. The molecule has 1 N–H and O–H groups in total. The lowest BCUT2D eigenvalue weighted by Crippen LogP contribution is -2.00. The summed E-state index contributed by atoms with van der Waals surface area (Å²) in [5, 5.41) is 15.6. The van der Waals surface area contributed by atoms with E-state index in [2.05, 4.69) is 10.4 Å². The van der Waals surface area contributed by atoms with Crippen molar-refractivity contribution in [2.24, 2.45) is 0 Å². The van der Waals surface area contributed by atoms with Crippen LogP contribution in [0.2, 0.25) is 0 Å². The van der Waals surface area contributed by atoms with E-state index in [0.717, 1.165) is 33.3 Å². The average Bonchev–Trinajstić information content (AvgIpc) is 2.83. The van der Waals surface area contributed by atoms with Crippen molar-refractivity contribution in [3.05, 3.63) is 63.5 Å². The molecule has 0 aliphatic rings. The Morgan fingerprint density at radius 2 is 1.95 bits per heavy atom. The molecule has 2 nitrogen and oxygen atoms in total. The van der Waals surface area contributed by atoms with Gasteiger partial charge in [0.25, 0.3) is 0 Å². The third-order valence-corrected chi connectivity index (χ3v) is 4.24. The largest absolute Gasteiger partial charge is 0.384 e. The summed E-state index contributed by atoms with van der Waals surface area (Å²) in [5.41, 5.74) is 5.02. The van der Waals surface area contributed by atoms with E-state index in [4.69, 9.17) is 0 Å². The Bertz CT molecular complexity index is 732. The second-order valence-corrected chi connectivity index (χ2v) is 5.56. The normalized spacial score (nSPS) is 12.8. The molecule has 0 aliphatic heterocycles. The van der Waals surface area contributed by atoms with Crippen molar-refractivity contribution in [2.75, 3.05) is 0 Å². The van der Waals surface area contributed by atoms with E-state index >= 15 is 0 Å². The van der Waals surface area contributed by atoms with Gasteiger partial charge < -0.3 is 5.11 Å². The number of pyridine rings is 1. The molecule has 3 rings (SSSR count). The van der Waals surface area contributed by atoms with Crippen LogP contribution in [0.15, 0.2) is 41.1 Å². The third-order valence-electron chi connectivity index (χ3n) is 3.36. The Morgan fingerprint density at radius 3 is 2.68 bits per heavy atom. The number of hydrogen-bond donors (Lipinski definition) is 1. The van der Waals surface area contributed by atoms with Crippen molar-refractivity contribution in [3.8, 4) is 0 Å². The fourth-order valence-corrected chi connectivity index (χ4v) is 3.12. The van der Waals surface area contributed by atoms with E-state index in [1.807, 2.05) is 49.6 Å². The molecule has 1 atom stereocenters. The topological polar surface area (TPSA) is 33.1 Å². The summed E-state index contributed by atoms with van der Waals surface area (Å²) in [4.78, 5) is 4.48. The van der Waals surface area contributed by atoms with Crippen molar-refractivity contribution < 1.29 is 5.11 Å². The van der Waals surface area contributed by atoms with Gasteiger partial charge in [0.05, 0.1) is 5.52 Å². The highest BCUT2D eigenvalue weighted by molar-refractivity contribution is 7.08. The van der Waals surface area contributed by atoms with Crippen LogP contribution in [0.1, 0.15) is 28.5 Å². The van der Waals surface area contributed by atoms with Gasteiger partial charge in [-0.05, 0) is 59.5 Å². The summed E-state index contributed by atoms with van der Waals surface area (Å²) in [6.07, 6.45) is -0.558. The molecule has 0 bridgehead atoms. The minimum Gasteiger partial charge on any atom is -0.384 e. The molecule has 0 radical (unpaired) electrons. The molecular weight excluding hydrogens is 254 g/mol. The zero-order chi connectivity index (χ0) is 13.4. The predicted octanol–water partition coefficient (Wildman–Crippen LogP) is 3.99. The maximum absolute atomic E-state index is 10.5. The fourth-order valence-electron chi connectivity index (χ4n) is 2.25. The molecule has 19 heavy (non-hydrogen) atoms. The average molecular weight is 269 g/mol. The van der Waals surface area contributed by atoms with Gasteiger partial charge in [0.1, 0.15) is 6.10 Å². The standard InChI is InChI=1S/C16H15NOS/c1-10-8-19-9-14(10)16(18)13-5-6-15-12(7-13)4-3-11(2)17-15/h3-9,16,18H,1-2H3. The predicted molar refractivity (Wildman–Crippen MR) is 79.6 cm³/mol. The van der Waals surface area contributed by atoms with Gasteiger partial charge in [-0.15, -0.1) is 0 Å². The Labute approximate surface area is 116 Å². The van der Waals surface area contributed by atoms with Crippen molar-refractivity contribution in [1.29, 1.82) is 0 Å². The number of benzene rings is 1. The highest BCUT2D eigenvalue weighted by Gasteiger charge is 2.14. The second-order valence-electron chi connectivity index (χ2n) is 4.82. The van der Waals surface area contributed by atoms with E-state index in [1.54, 1.807) is 11.3 Å². The monoisotopic (exact) mass is 269 g/mol. The fraction of sp³-hybridized carbons (Fsp3) is 0.188. The lowest BCUT2D eigenvalue weighted by molar-refractivity contribution is 0.220. The Hall–Kier alpha value is -1.71. The van der Waals surface area contributed by atoms with Crippen molar-refractivity contribution >= 4 is 22.2 Å². The molecule has 2 aromatic heterocycles. The van der Waals surface area contributed by atoms with Gasteiger partial charge in [-0.3, -0.25) is 4.98 Å². The number of aliphatic hydroxyl groups is 1. The molecule has 0 aliphatic carbocycles. The van der Waals surface area contributed by atoms with Crippen LogP contribution in [-0.4, -0.2) is 10.1 Å². The van der Waals surface area contributed by atoms with E-state index in [-0.39, 0.29) is 0 Å². The summed E-state index contributed by atoms with van der Waals surface area (Å²) in [6.45, 7) is 4.01. The summed E-state index contributed by atoms with van der Waals surface area (Å²) in [5.74, 6) is 0. The minimum absolute atomic E-state index is 0.558. The molecule has 0 fully saturated rings. The van der Waals surface area contributed by atoms with Gasteiger partial charge in [-0.2, -0.15) is 11.3 Å². The third kappa shape index (κ3) is 2.27. The van der Waals surface area contributed by atoms with Crippen LogP contribution in [0.3, 0.4) is 0 Å². The summed E-state index contributed by atoms with van der Waals surface area (Å²) >= 11 is 1.62. The Balaban J connectivity index is 2.06. The molecule has 0 saturated carbocycles. The number of aliphatic hydroxyl groups excluding tert-OH is 1. The van der Waals surface area contributed by atoms with Gasteiger partial charge in [0, 0.05) is 11.1 Å². The molecule has 1 aromatic carbocycles. The number of aryl methyl sites for hydroxylation is 2. The molecule has 0 amide bonds. The zero-order valence-electron chi connectivity index (χ0n) is 10.9. The molecular formula is C16H15NOS. The van der Waals surface area contributed by atoms with Crippen molar-refractivity contribution in [3.63, 3.8) is 0 Å². The van der Waals surface area contributed by atoms with Gasteiger partial charge in [0.15, 0.2) is 0 Å². The van der Waals surface area contributed by atoms with Gasteiger partial charge in [-0.1, -0.05) is 12.1 Å². The van der Waals surface area contributed by atoms with Gasteiger partial charge >= 0.3 is 0 Å². The van der Waals surface area contributed by atoms with Crippen LogP contribution in [0.4, 0.5) is 0 Å². The lowest BCUT2D eigenvalue weighted by atomic mass is 9.99. The van der Waals surface area contributed by atoms with Crippen LogP contribution in [0.25, 0.3) is 10.9 Å². The van der Waals surface area contributed by atoms with Crippen molar-refractivity contribution in [2.45, 2.75) is 20.0 Å². The SMILES string of the molecule is Cc1ccc2cc(C(O)c3cscc3C)ccc2n1. The number of aromatic nitrogens is 1. The first-order valence-corrected chi connectivity index (χ1v) is 7.17. The highest BCUT2D eigenvalue weighted by Crippen LogP contribution is 2.29. The molecule has 0 saturated heterocycles. The highest BCUT2D eigenvalue weighted by atomic mass is 32.1. The van der Waals surface area contributed by atoms with E-state index in [1.165, 1.54) is 0 Å². The van der Waals surface area contributed by atoms with Gasteiger partial charge in [-0.25, -0.2) is 0 Å². The number of fused-ring (bicyclic) bond motifs is 1. The minimum atomic E-state index is -0.558. The smallest absolute Gasteiger partial charge is 0.105 e. The molecule has 3 heteroatoms. The maximum Gasteiger partial charge on any atom is 0.105 e. The molecule has 2 heterocycles.